The van der Waals surface area contributed by atoms with Crippen LogP contribution in [0.3, 0.4) is 0 Å². The molecule has 106 valence electrons. The molecule has 0 saturated heterocycles. The third kappa shape index (κ3) is 2.68. The fraction of sp³-hybridized carbons (Fsp3) is 0.294. The van der Waals surface area contributed by atoms with Crippen LogP contribution in [0.2, 0.25) is 0 Å². The number of aliphatic hydroxyl groups excluding tert-OH is 1. The lowest BCUT2D eigenvalue weighted by molar-refractivity contribution is 0.190. The first-order chi connectivity index (χ1) is 9.41. The van der Waals surface area contributed by atoms with Crippen LogP contribution >= 0.6 is 0 Å². The smallest absolute Gasteiger partial charge is 0.136 e. The highest BCUT2D eigenvalue weighted by atomic mass is 19.1. The number of ether oxygens (including phenoxy) is 1. The highest BCUT2D eigenvalue weighted by molar-refractivity contribution is 5.48. The largest absolute Gasteiger partial charge is 0.456 e. The molecular formula is C17H19FO2. The minimum atomic E-state index is -0.920. The number of aliphatic hydroxyl groups is 1. The summed E-state index contributed by atoms with van der Waals surface area (Å²) in [6.07, 6.45) is -0.920. The Morgan fingerprint density at radius 2 is 1.70 bits per heavy atom. The SMILES string of the molecule is Cc1ccc(C)c(Oc2cccc(F)c2[C@@H](C)O)c1C. The van der Waals surface area contributed by atoms with Gasteiger partial charge in [0.2, 0.25) is 0 Å². The van der Waals surface area contributed by atoms with Crippen molar-refractivity contribution in [3.63, 3.8) is 0 Å². The Hall–Kier alpha value is -1.87. The molecule has 0 spiro atoms. The zero-order chi connectivity index (χ0) is 14.9. The normalized spacial score (nSPS) is 12.3. The van der Waals surface area contributed by atoms with Crippen molar-refractivity contribution in [3.8, 4) is 11.5 Å². The van der Waals surface area contributed by atoms with Crippen molar-refractivity contribution in [2.24, 2.45) is 0 Å². The van der Waals surface area contributed by atoms with Gasteiger partial charge in [-0.2, -0.15) is 0 Å². The zero-order valence-corrected chi connectivity index (χ0v) is 12.2. The Morgan fingerprint density at radius 1 is 1.05 bits per heavy atom. The molecule has 2 nitrogen and oxygen atoms in total. The monoisotopic (exact) mass is 274 g/mol. The molecule has 2 rings (SSSR count). The van der Waals surface area contributed by atoms with E-state index >= 15 is 0 Å². The predicted molar refractivity (Wildman–Crippen MR) is 77.8 cm³/mol. The molecule has 0 amide bonds. The molecule has 0 aliphatic rings. The molecule has 0 heterocycles. The van der Waals surface area contributed by atoms with Crippen LogP contribution in [0, 0.1) is 26.6 Å². The molecule has 0 aliphatic carbocycles. The van der Waals surface area contributed by atoms with Crippen molar-refractivity contribution in [1.82, 2.24) is 0 Å². The summed E-state index contributed by atoms with van der Waals surface area (Å²) in [4.78, 5) is 0. The Bertz CT molecular complexity index is 633. The van der Waals surface area contributed by atoms with Gasteiger partial charge in [0.1, 0.15) is 17.3 Å². The van der Waals surface area contributed by atoms with E-state index in [1.165, 1.54) is 13.0 Å². The first-order valence-corrected chi connectivity index (χ1v) is 6.63. The topological polar surface area (TPSA) is 29.5 Å². The van der Waals surface area contributed by atoms with Gasteiger partial charge >= 0.3 is 0 Å². The summed E-state index contributed by atoms with van der Waals surface area (Å²) in [5, 5.41) is 9.74. The highest BCUT2D eigenvalue weighted by Gasteiger charge is 2.17. The van der Waals surface area contributed by atoms with Gasteiger partial charge < -0.3 is 9.84 Å². The Morgan fingerprint density at radius 3 is 2.35 bits per heavy atom. The first kappa shape index (κ1) is 14.5. The number of hydrogen-bond acceptors (Lipinski definition) is 2. The number of rotatable bonds is 3. The predicted octanol–water partition coefficient (Wildman–Crippen LogP) is 4.60. The Balaban J connectivity index is 2.51. The third-order valence-electron chi connectivity index (χ3n) is 3.52. The van der Waals surface area contributed by atoms with E-state index in [-0.39, 0.29) is 5.56 Å². The molecule has 0 radical (unpaired) electrons. The van der Waals surface area contributed by atoms with Crippen molar-refractivity contribution >= 4 is 0 Å². The van der Waals surface area contributed by atoms with Gasteiger partial charge in [-0.1, -0.05) is 18.2 Å². The van der Waals surface area contributed by atoms with Crippen molar-refractivity contribution in [3.05, 3.63) is 58.4 Å². The number of halogens is 1. The van der Waals surface area contributed by atoms with E-state index in [2.05, 4.69) is 0 Å². The van der Waals surface area contributed by atoms with Gasteiger partial charge in [0, 0.05) is 0 Å². The van der Waals surface area contributed by atoms with Crippen molar-refractivity contribution in [2.75, 3.05) is 0 Å². The number of benzene rings is 2. The molecule has 3 heteroatoms. The summed E-state index contributed by atoms with van der Waals surface area (Å²) >= 11 is 0. The summed E-state index contributed by atoms with van der Waals surface area (Å²) < 4.78 is 19.7. The van der Waals surface area contributed by atoms with E-state index in [1.807, 2.05) is 32.9 Å². The Labute approximate surface area is 118 Å². The molecule has 1 N–H and O–H groups in total. The van der Waals surface area contributed by atoms with Gasteiger partial charge in [-0.05, 0) is 56.5 Å². The fourth-order valence-electron chi connectivity index (χ4n) is 2.20. The maximum atomic E-state index is 13.8. The van der Waals surface area contributed by atoms with Gasteiger partial charge in [-0.15, -0.1) is 0 Å². The van der Waals surface area contributed by atoms with Crippen LogP contribution in [0.15, 0.2) is 30.3 Å². The van der Waals surface area contributed by atoms with Crippen molar-refractivity contribution in [1.29, 1.82) is 0 Å². The lowest BCUT2D eigenvalue weighted by atomic mass is 10.0. The van der Waals surface area contributed by atoms with E-state index in [0.29, 0.717) is 5.75 Å². The molecule has 0 aromatic heterocycles. The van der Waals surface area contributed by atoms with E-state index in [4.69, 9.17) is 4.74 Å². The maximum Gasteiger partial charge on any atom is 0.136 e. The minimum Gasteiger partial charge on any atom is -0.456 e. The van der Waals surface area contributed by atoms with Crippen LogP contribution in [0.1, 0.15) is 35.3 Å². The van der Waals surface area contributed by atoms with E-state index in [0.717, 1.165) is 22.4 Å². The van der Waals surface area contributed by atoms with Gasteiger partial charge in [-0.3, -0.25) is 0 Å². The summed E-state index contributed by atoms with van der Waals surface area (Å²) in [6.45, 7) is 7.45. The van der Waals surface area contributed by atoms with Gasteiger partial charge in [0.15, 0.2) is 0 Å². The fourth-order valence-corrected chi connectivity index (χ4v) is 2.20. The first-order valence-electron chi connectivity index (χ1n) is 6.63. The number of hydrogen-bond donors (Lipinski definition) is 1. The molecule has 1 atom stereocenters. The van der Waals surface area contributed by atoms with Crippen molar-refractivity contribution in [2.45, 2.75) is 33.8 Å². The second-order valence-electron chi connectivity index (χ2n) is 5.08. The molecule has 0 unspecified atom stereocenters. The highest BCUT2D eigenvalue weighted by Crippen LogP contribution is 2.35. The molecule has 0 saturated carbocycles. The van der Waals surface area contributed by atoms with E-state index < -0.39 is 11.9 Å². The standard InChI is InChI=1S/C17H19FO2/c1-10-8-9-11(2)17(12(10)3)20-15-7-5-6-14(18)16(15)13(4)19/h5-9,13,19H,1-4H3/t13-/m1/s1. The summed E-state index contributed by atoms with van der Waals surface area (Å²) in [6, 6.07) is 8.58. The van der Waals surface area contributed by atoms with Crippen LogP contribution in [0.4, 0.5) is 4.39 Å². The Kier molecular flexibility index (Phi) is 4.09. The molecule has 0 fully saturated rings. The molecule has 2 aromatic rings. The van der Waals surface area contributed by atoms with Crippen molar-refractivity contribution < 1.29 is 14.2 Å². The lowest BCUT2D eigenvalue weighted by Crippen LogP contribution is -2.01. The zero-order valence-electron chi connectivity index (χ0n) is 12.2. The quantitative estimate of drug-likeness (QED) is 0.886. The average Bonchev–Trinajstić information content (AvgIpc) is 2.39. The van der Waals surface area contributed by atoms with Gasteiger partial charge in [0.05, 0.1) is 11.7 Å². The van der Waals surface area contributed by atoms with Crippen LogP contribution in [0.5, 0.6) is 11.5 Å². The summed E-state index contributed by atoms with van der Waals surface area (Å²) in [7, 11) is 0. The number of aryl methyl sites for hydroxylation is 2. The van der Waals surface area contributed by atoms with Crippen LogP contribution in [-0.4, -0.2) is 5.11 Å². The molecular weight excluding hydrogens is 255 g/mol. The third-order valence-corrected chi connectivity index (χ3v) is 3.52. The molecule has 0 bridgehead atoms. The van der Waals surface area contributed by atoms with E-state index in [9.17, 15) is 9.50 Å². The second kappa shape index (κ2) is 5.63. The van der Waals surface area contributed by atoms with Crippen LogP contribution in [0.25, 0.3) is 0 Å². The molecule has 20 heavy (non-hydrogen) atoms. The van der Waals surface area contributed by atoms with Gasteiger partial charge in [0.25, 0.3) is 0 Å². The lowest BCUT2D eigenvalue weighted by Gasteiger charge is -2.17. The van der Waals surface area contributed by atoms with Crippen LogP contribution in [-0.2, 0) is 0 Å². The maximum absolute atomic E-state index is 13.8. The molecule has 0 aliphatic heterocycles. The molecule has 2 aromatic carbocycles. The average molecular weight is 274 g/mol. The van der Waals surface area contributed by atoms with Crippen LogP contribution < -0.4 is 4.74 Å². The summed E-state index contributed by atoms with van der Waals surface area (Å²) in [5.74, 6) is 0.620. The minimum absolute atomic E-state index is 0.188. The van der Waals surface area contributed by atoms with E-state index in [1.54, 1.807) is 12.1 Å². The second-order valence-corrected chi connectivity index (χ2v) is 5.08. The summed E-state index contributed by atoms with van der Waals surface area (Å²) in [5.41, 5.74) is 3.30. The van der Waals surface area contributed by atoms with Gasteiger partial charge in [-0.25, -0.2) is 4.39 Å².